The number of carbonyl (C=O) groups is 2. The number of nitrogens with zero attached hydrogens (tertiary/aromatic N) is 6. The van der Waals surface area contributed by atoms with Crippen LogP contribution in [-0.2, 0) is 9.59 Å². The van der Waals surface area contributed by atoms with Crippen LogP contribution in [0.4, 0.5) is 11.4 Å². The lowest BCUT2D eigenvalue weighted by Crippen LogP contribution is -2.46. The van der Waals surface area contributed by atoms with Gasteiger partial charge in [-0.2, -0.15) is 0 Å². The summed E-state index contributed by atoms with van der Waals surface area (Å²) in [5, 5.41) is 26.7. The van der Waals surface area contributed by atoms with E-state index in [1.807, 2.05) is 90.3 Å². The highest BCUT2D eigenvalue weighted by atomic mass is 32.2. The van der Waals surface area contributed by atoms with Crippen LogP contribution in [-0.4, -0.2) is 108 Å². The molecule has 308 valence electrons. The lowest BCUT2D eigenvalue weighted by molar-refractivity contribution is -0.387. The zero-order chi connectivity index (χ0) is 42.4. The van der Waals surface area contributed by atoms with E-state index >= 15 is 0 Å². The average molecular weight is 817 g/mol. The van der Waals surface area contributed by atoms with E-state index < -0.39 is 9.85 Å². The zero-order valence-corrected chi connectivity index (χ0v) is 35.4. The van der Waals surface area contributed by atoms with Gasteiger partial charge in [0.1, 0.15) is 0 Å². The van der Waals surface area contributed by atoms with Crippen molar-refractivity contribution < 1.29 is 19.4 Å². The molecular formula is C46H52N6O6S. The monoisotopic (exact) mass is 816 g/mol. The molecule has 2 heterocycles. The first-order valence-electron chi connectivity index (χ1n) is 20.0. The molecule has 12 nitrogen and oxygen atoms in total. The molecule has 2 amide bonds. The number of nitro groups is 2. The number of carbonyl (C=O) groups excluding carboxylic acids is 2. The summed E-state index contributed by atoms with van der Waals surface area (Å²) in [5.41, 5.74) is 4.30. The third kappa shape index (κ3) is 9.81. The molecule has 0 aliphatic carbocycles. The second kappa shape index (κ2) is 19.0. The van der Waals surface area contributed by atoms with Crippen molar-refractivity contribution in [3.8, 4) is 22.3 Å². The summed E-state index contributed by atoms with van der Waals surface area (Å²) in [6.07, 6.45) is 6.23. The maximum atomic E-state index is 13.3. The molecule has 2 aliphatic heterocycles. The summed E-state index contributed by atoms with van der Waals surface area (Å²) in [7, 11) is 4.03. The van der Waals surface area contributed by atoms with Crippen LogP contribution in [0.1, 0.15) is 61.8 Å². The summed E-state index contributed by atoms with van der Waals surface area (Å²) < 4.78 is 0. The molecular weight excluding hydrogens is 765 g/mol. The van der Waals surface area contributed by atoms with E-state index in [1.54, 1.807) is 46.2 Å². The van der Waals surface area contributed by atoms with E-state index in [9.17, 15) is 29.8 Å². The van der Waals surface area contributed by atoms with E-state index in [-0.39, 0.29) is 44.8 Å². The second-order valence-corrected chi connectivity index (χ2v) is 16.9. The van der Waals surface area contributed by atoms with Crippen LogP contribution in [0.2, 0.25) is 0 Å². The third-order valence-electron chi connectivity index (χ3n) is 11.1. The van der Waals surface area contributed by atoms with Gasteiger partial charge in [-0.1, -0.05) is 100 Å². The fourth-order valence-electron chi connectivity index (χ4n) is 7.71. The van der Waals surface area contributed by atoms with Crippen LogP contribution in [0.3, 0.4) is 0 Å². The van der Waals surface area contributed by atoms with Gasteiger partial charge >= 0.3 is 0 Å². The van der Waals surface area contributed by atoms with Crippen molar-refractivity contribution in [3.05, 3.63) is 127 Å². The summed E-state index contributed by atoms with van der Waals surface area (Å²) in [4.78, 5) is 60.8. The largest absolute Gasteiger partial charge is 0.337 e. The van der Waals surface area contributed by atoms with Gasteiger partial charge < -0.3 is 19.6 Å². The van der Waals surface area contributed by atoms with Crippen LogP contribution in [0.25, 0.3) is 34.4 Å². The molecule has 0 unspecified atom stereocenters. The summed E-state index contributed by atoms with van der Waals surface area (Å²) in [6, 6.07) is 21.7. The van der Waals surface area contributed by atoms with Gasteiger partial charge in [-0.3, -0.25) is 29.8 Å². The summed E-state index contributed by atoms with van der Waals surface area (Å²) in [6.45, 7) is 13.4. The Morgan fingerprint density at radius 2 is 0.932 bits per heavy atom. The fourth-order valence-corrected chi connectivity index (χ4v) is 8.76. The summed E-state index contributed by atoms with van der Waals surface area (Å²) in [5.74, 6) is -0.323. The first-order valence-corrected chi connectivity index (χ1v) is 20.9. The Morgan fingerprint density at radius 1 is 0.576 bits per heavy atom. The van der Waals surface area contributed by atoms with Gasteiger partial charge in [0.15, 0.2) is 0 Å². The molecule has 0 N–H and O–H groups in total. The highest BCUT2D eigenvalue weighted by molar-refractivity contribution is 7.99. The number of amides is 2. The van der Waals surface area contributed by atoms with Crippen LogP contribution < -0.4 is 0 Å². The van der Waals surface area contributed by atoms with Gasteiger partial charge in [0, 0.05) is 64.5 Å². The van der Waals surface area contributed by atoms with Crippen LogP contribution >= 0.6 is 11.8 Å². The predicted molar refractivity (Wildman–Crippen MR) is 236 cm³/mol. The standard InChI is InChI=1S/C46H52N6O6S/c1-31(2)35-11-7-9-13-37(35)43-33(17-21-41(53)49-27-23-47(5)24-28-49)15-19-39(45(43)51(55)56)59-40-20-16-34(18-22-42(54)50-29-25-48(6)26-30-50)44(46(40)52(57)58)38-14-10-8-12-36(38)32(3)4/h7-22,31-32H,23-30H2,1-6H3/b21-17+,22-18+. The highest BCUT2D eigenvalue weighted by Gasteiger charge is 2.31. The quantitative estimate of drug-likeness (QED) is 0.0782. The third-order valence-corrected chi connectivity index (χ3v) is 12.2. The van der Waals surface area contributed by atoms with E-state index in [1.165, 1.54) is 12.2 Å². The molecule has 0 saturated carbocycles. The lowest BCUT2D eigenvalue weighted by Gasteiger charge is -2.31. The number of likely N-dealkylation sites (N-methyl/N-ethyl adjacent to an activating group) is 2. The van der Waals surface area contributed by atoms with Crippen molar-refractivity contribution >= 4 is 47.1 Å². The molecule has 59 heavy (non-hydrogen) atoms. The minimum absolute atomic E-state index is 0.0133. The molecule has 0 bridgehead atoms. The number of nitro benzene ring substituents is 2. The molecule has 0 atom stereocenters. The normalized spacial score (nSPS) is 15.5. The first kappa shape index (κ1) is 43.0. The molecule has 0 radical (unpaired) electrons. The SMILES string of the molecule is CC(C)c1ccccc1-c1c(/C=C/C(=O)N2CCN(C)CC2)ccc(Sc2ccc(/C=C/C(=O)N3CCN(C)CC3)c(-c3ccccc3C(C)C)c2[N+](=O)[O-])c1[N+](=O)[O-]. The minimum Gasteiger partial charge on any atom is -0.337 e. The second-order valence-electron chi connectivity index (χ2n) is 15.8. The zero-order valence-electron chi connectivity index (χ0n) is 34.6. The van der Waals surface area contributed by atoms with Crippen LogP contribution in [0.5, 0.6) is 0 Å². The topological polar surface area (TPSA) is 133 Å². The Bertz CT molecular complexity index is 2130. The van der Waals surface area contributed by atoms with Crippen molar-refractivity contribution in [1.29, 1.82) is 0 Å². The molecule has 0 aromatic heterocycles. The Hall–Kier alpha value is -5.63. The minimum atomic E-state index is -0.434. The molecule has 2 aliphatic rings. The molecule has 4 aromatic carbocycles. The molecule has 0 spiro atoms. The molecule has 6 rings (SSSR count). The average Bonchev–Trinajstić information content (AvgIpc) is 3.22. The van der Waals surface area contributed by atoms with Crippen molar-refractivity contribution in [1.82, 2.24) is 19.6 Å². The number of hydrogen-bond acceptors (Lipinski definition) is 9. The van der Waals surface area contributed by atoms with Gasteiger partial charge in [0.05, 0.1) is 30.8 Å². The highest BCUT2D eigenvalue weighted by Crippen LogP contribution is 2.50. The van der Waals surface area contributed by atoms with E-state index in [0.29, 0.717) is 59.6 Å². The van der Waals surface area contributed by atoms with Gasteiger partial charge in [0.2, 0.25) is 11.8 Å². The number of rotatable bonds is 12. The number of piperazine rings is 2. The Balaban J connectivity index is 1.51. The van der Waals surface area contributed by atoms with Crippen molar-refractivity contribution in [2.45, 2.75) is 49.3 Å². The van der Waals surface area contributed by atoms with Crippen molar-refractivity contribution in [2.75, 3.05) is 66.5 Å². The van der Waals surface area contributed by atoms with Gasteiger partial charge in [-0.15, -0.1) is 0 Å². The maximum absolute atomic E-state index is 13.3. The van der Waals surface area contributed by atoms with E-state index in [4.69, 9.17) is 0 Å². The van der Waals surface area contributed by atoms with Crippen molar-refractivity contribution in [3.63, 3.8) is 0 Å². The Kier molecular flexibility index (Phi) is 13.8. The van der Waals surface area contributed by atoms with Crippen LogP contribution in [0, 0.1) is 20.2 Å². The van der Waals surface area contributed by atoms with Crippen LogP contribution in [0.15, 0.2) is 94.7 Å². The van der Waals surface area contributed by atoms with Crippen molar-refractivity contribution in [2.24, 2.45) is 0 Å². The van der Waals surface area contributed by atoms with Gasteiger partial charge in [-0.05, 0) is 83.6 Å². The fraction of sp³-hybridized carbons (Fsp3) is 0.348. The smallest absolute Gasteiger partial charge is 0.291 e. The van der Waals surface area contributed by atoms with E-state index in [0.717, 1.165) is 49.1 Å². The number of hydrogen-bond donors (Lipinski definition) is 0. The molecule has 2 fully saturated rings. The summed E-state index contributed by atoms with van der Waals surface area (Å²) >= 11 is 0.965. The Morgan fingerprint density at radius 3 is 1.27 bits per heavy atom. The molecule has 4 aromatic rings. The first-order chi connectivity index (χ1) is 28.2. The number of benzene rings is 4. The molecule has 13 heteroatoms. The maximum Gasteiger partial charge on any atom is 0.291 e. The van der Waals surface area contributed by atoms with E-state index in [2.05, 4.69) is 9.80 Å². The van der Waals surface area contributed by atoms with Gasteiger partial charge in [0.25, 0.3) is 11.4 Å². The lowest BCUT2D eigenvalue weighted by atomic mass is 9.89. The molecule has 2 saturated heterocycles. The van der Waals surface area contributed by atoms with Gasteiger partial charge in [-0.25, -0.2) is 0 Å². The Labute approximate surface area is 350 Å². The predicted octanol–water partition coefficient (Wildman–Crippen LogP) is 8.81.